The van der Waals surface area contributed by atoms with Crippen molar-refractivity contribution in [1.82, 2.24) is 9.97 Å². The lowest BCUT2D eigenvalue weighted by Crippen LogP contribution is -1.86. The van der Waals surface area contributed by atoms with Gasteiger partial charge in [0.1, 0.15) is 0 Å². The maximum atomic E-state index is 11.7. The smallest absolute Gasteiger partial charge is 0.265 e. The SMILES string of the molecule is O=c1sc2cc(-c3ccncc3)c(-c3ccncc3)cc2s1. The highest BCUT2D eigenvalue weighted by Gasteiger charge is 2.11. The molecule has 4 aromatic rings. The van der Waals surface area contributed by atoms with Gasteiger partial charge in [-0.15, -0.1) is 0 Å². The van der Waals surface area contributed by atoms with Crippen LogP contribution in [0.25, 0.3) is 31.7 Å². The Hall–Kier alpha value is -2.37. The number of pyridine rings is 2. The molecule has 3 aromatic heterocycles. The number of aromatic nitrogens is 2. The molecule has 0 aliphatic carbocycles. The molecule has 106 valence electrons. The highest BCUT2D eigenvalue weighted by atomic mass is 32.2. The van der Waals surface area contributed by atoms with Gasteiger partial charge in [0.05, 0.1) is 0 Å². The van der Waals surface area contributed by atoms with Gasteiger partial charge in [-0.2, -0.15) is 0 Å². The minimum Gasteiger partial charge on any atom is -0.265 e. The third-order valence-corrected chi connectivity index (χ3v) is 5.53. The van der Waals surface area contributed by atoms with Crippen LogP contribution in [0.3, 0.4) is 0 Å². The average Bonchev–Trinajstić information content (AvgIpc) is 2.94. The fourth-order valence-electron chi connectivity index (χ4n) is 2.46. The number of benzene rings is 1. The molecule has 3 heterocycles. The van der Waals surface area contributed by atoms with E-state index in [2.05, 4.69) is 22.1 Å². The molecule has 0 bridgehead atoms. The lowest BCUT2D eigenvalue weighted by molar-refractivity contribution is 1.32. The van der Waals surface area contributed by atoms with Crippen LogP contribution >= 0.6 is 22.7 Å². The predicted molar refractivity (Wildman–Crippen MR) is 92.4 cm³/mol. The van der Waals surface area contributed by atoms with Gasteiger partial charge in [0.25, 0.3) is 4.06 Å². The molecule has 0 fully saturated rings. The van der Waals surface area contributed by atoms with Crippen molar-refractivity contribution in [3.8, 4) is 22.3 Å². The van der Waals surface area contributed by atoms with Gasteiger partial charge in [-0.25, -0.2) is 0 Å². The van der Waals surface area contributed by atoms with E-state index in [0.717, 1.165) is 31.7 Å². The molecule has 0 saturated heterocycles. The molecule has 0 radical (unpaired) electrons. The molecule has 0 atom stereocenters. The van der Waals surface area contributed by atoms with Crippen LogP contribution in [-0.4, -0.2) is 9.97 Å². The fourth-order valence-corrected chi connectivity index (χ4v) is 4.45. The lowest BCUT2D eigenvalue weighted by Gasteiger charge is -2.10. The molecule has 0 spiro atoms. The summed E-state index contributed by atoms with van der Waals surface area (Å²) >= 11 is 2.60. The van der Waals surface area contributed by atoms with Crippen molar-refractivity contribution >= 4 is 32.1 Å². The standard InChI is InChI=1S/C17H10N2OS2/c20-17-21-15-9-13(11-1-5-18-6-2-11)14(10-16(15)22-17)12-3-7-19-8-4-12/h1-10H. The van der Waals surface area contributed by atoms with E-state index in [1.807, 2.05) is 24.3 Å². The largest absolute Gasteiger partial charge is 0.288 e. The second-order valence-corrected chi connectivity index (χ2v) is 7.06. The van der Waals surface area contributed by atoms with Crippen LogP contribution < -0.4 is 4.06 Å². The monoisotopic (exact) mass is 322 g/mol. The van der Waals surface area contributed by atoms with Crippen molar-refractivity contribution in [1.29, 1.82) is 0 Å². The summed E-state index contributed by atoms with van der Waals surface area (Å²) in [5.41, 5.74) is 4.40. The van der Waals surface area contributed by atoms with E-state index in [-0.39, 0.29) is 4.06 Å². The number of nitrogens with zero attached hydrogens (tertiary/aromatic N) is 2. The Morgan fingerprint density at radius 2 is 1.09 bits per heavy atom. The molecule has 5 heteroatoms. The molecule has 1 aromatic carbocycles. The first-order valence-corrected chi connectivity index (χ1v) is 8.33. The van der Waals surface area contributed by atoms with Crippen LogP contribution in [0.5, 0.6) is 0 Å². The van der Waals surface area contributed by atoms with Crippen LogP contribution in [-0.2, 0) is 0 Å². The molecule has 0 N–H and O–H groups in total. The summed E-state index contributed by atoms with van der Waals surface area (Å²) in [6.07, 6.45) is 7.13. The summed E-state index contributed by atoms with van der Waals surface area (Å²) in [7, 11) is 0. The van der Waals surface area contributed by atoms with Crippen molar-refractivity contribution in [3.63, 3.8) is 0 Å². The van der Waals surface area contributed by atoms with Gasteiger partial charge in [0.2, 0.25) is 0 Å². The van der Waals surface area contributed by atoms with Crippen LogP contribution in [0, 0.1) is 0 Å². The first-order chi connectivity index (χ1) is 10.8. The summed E-state index contributed by atoms with van der Waals surface area (Å²) < 4.78 is 2.18. The summed E-state index contributed by atoms with van der Waals surface area (Å²) in [6.45, 7) is 0. The van der Waals surface area contributed by atoms with E-state index < -0.39 is 0 Å². The quantitative estimate of drug-likeness (QED) is 0.548. The Kier molecular flexibility index (Phi) is 3.29. The lowest BCUT2D eigenvalue weighted by atomic mass is 9.96. The first-order valence-electron chi connectivity index (χ1n) is 6.70. The highest BCUT2D eigenvalue weighted by Crippen LogP contribution is 2.37. The van der Waals surface area contributed by atoms with E-state index in [0.29, 0.717) is 0 Å². The summed E-state index contributed by atoms with van der Waals surface area (Å²) in [5, 5.41) is 0. The van der Waals surface area contributed by atoms with Crippen LogP contribution in [0.15, 0.2) is 66.0 Å². The molecular weight excluding hydrogens is 312 g/mol. The van der Waals surface area contributed by atoms with Crippen molar-refractivity contribution in [2.45, 2.75) is 0 Å². The Morgan fingerprint density at radius 1 is 0.682 bits per heavy atom. The third kappa shape index (κ3) is 2.34. The normalized spacial score (nSPS) is 10.9. The highest BCUT2D eigenvalue weighted by molar-refractivity contribution is 7.35. The Morgan fingerprint density at radius 3 is 1.50 bits per heavy atom. The van der Waals surface area contributed by atoms with Crippen LogP contribution in [0.2, 0.25) is 0 Å². The molecule has 0 aliphatic heterocycles. The summed E-state index contributed by atoms with van der Waals surface area (Å²) in [4.78, 5) is 19.9. The zero-order chi connectivity index (χ0) is 14.9. The van der Waals surface area contributed by atoms with Gasteiger partial charge in [0.15, 0.2) is 0 Å². The van der Waals surface area contributed by atoms with Crippen molar-refractivity contribution in [3.05, 3.63) is 70.0 Å². The summed E-state index contributed by atoms with van der Waals surface area (Å²) in [5.74, 6) is 0. The molecule has 4 rings (SSSR count). The Balaban J connectivity index is 2.06. The second-order valence-electron chi connectivity index (χ2n) is 4.77. The van der Waals surface area contributed by atoms with Crippen molar-refractivity contribution in [2.24, 2.45) is 0 Å². The van der Waals surface area contributed by atoms with E-state index >= 15 is 0 Å². The molecule has 22 heavy (non-hydrogen) atoms. The zero-order valence-electron chi connectivity index (χ0n) is 11.4. The maximum absolute atomic E-state index is 11.7. The van der Waals surface area contributed by atoms with Gasteiger partial charge >= 0.3 is 0 Å². The predicted octanol–water partition coefficient (Wildman–Crippen LogP) is 4.45. The van der Waals surface area contributed by atoms with E-state index in [1.165, 1.54) is 22.7 Å². The minimum atomic E-state index is 0.127. The number of rotatable bonds is 2. The number of hydrogen-bond donors (Lipinski definition) is 0. The molecule has 0 saturated carbocycles. The maximum Gasteiger partial charge on any atom is 0.288 e. The fraction of sp³-hybridized carbons (Fsp3) is 0. The minimum absolute atomic E-state index is 0.127. The van der Waals surface area contributed by atoms with Gasteiger partial charge in [0, 0.05) is 34.2 Å². The van der Waals surface area contributed by atoms with Gasteiger partial charge in [-0.1, -0.05) is 22.7 Å². The van der Waals surface area contributed by atoms with Gasteiger partial charge < -0.3 is 0 Å². The first kappa shape index (κ1) is 13.3. The second kappa shape index (κ2) is 5.44. The van der Waals surface area contributed by atoms with E-state index in [4.69, 9.17) is 0 Å². The molecule has 0 aliphatic rings. The molecular formula is C17H10N2OS2. The van der Waals surface area contributed by atoms with Crippen molar-refractivity contribution in [2.75, 3.05) is 0 Å². The van der Waals surface area contributed by atoms with Crippen molar-refractivity contribution < 1.29 is 0 Å². The zero-order valence-corrected chi connectivity index (χ0v) is 13.0. The van der Waals surface area contributed by atoms with E-state index in [9.17, 15) is 4.79 Å². The number of hydrogen-bond acceptors (Lipinski definition) is 5. The van der Waals surface area contributed by atoms with Crippen LogP contribution in [0.1, 0.15) is 0 Å². The Bertz CT molecular complexity index is 912. The van der Waals surface area contributed by atoms with Crippen LogP contribution in [0.4, 0.5) is 0 Å². The van der Waals surface area contributed by atoms with Gasteiger partial charge in [-0.05, 0) is 58.7 Å². The molecule has 3 nitrogen and oxygen atoms in total. The average molecular weight is 322 g/mol. The Labute approximate surface area is 134 Å². The number of fused-ring (bicyclic) bond motifs is 1. The summed E-state index contributed by atoms with van der Waals surface area (Å²) in [6, 6.07) is 12.1. The van der Waals surface area contributed by atoms with Gasteiger partial charge in [-0.3, -0.25) is 14.8 Å². The van der Waals surface area contributed by atoms with E-state index in [1.54, 1.807) is 24.8 Å². The molecule has 0 unspecified atom stereocenters. The molecule has 0 amide bonds. The third-order valence-electron chi connectivity index (χ3n) is 3.45. The topological polar surface area (TPSA) is 42.9 Å².